The number of aromatic nitrogens is 2. The second-order valence-corrected chi connectivity index (χ2v) is 4.35. The molecular formula is C13H15N3. The Hall–Kier alpha value is -1.77. The van der Waals surface area contributed by atoms with E-state index < -0.39 is 0 Å². The molecule has 1 unspecified atom stereocenters. The van der Waals surface area contributed by atoms with Crippen molar-refractivity contribution in [3.8, 4) is 0 Å². The van der Waals surface area contributed by atoms with Crippen LogP contribution >= 0.6 is 0 Å². The fourth-order valence-electron chi connectivity index (χ4n) is 2.29. The molecule has 2 heterocycles. The first kappa shape index (κ1) is 9.46. The number of aryl methyl sites for hydroxylation is 1. The van der Waals surface area contributed by atoms with E-state index in [2.05, 4.69) is 52.4 Å². The van der Waals surface area contributed by atoms with E-state index in [0.717, 1.165) is 13.1 Å². The highest BCUT2D eigenvalue weighted by molar-refractivity contribution is 5.45. The highest BCUT2D eigenvalue weighted by Gasteiger charge is 2.20. The minimum absolute atomic E-state index is 0.521. The number of nitrogens with zero attached hydrogens (tertiary/aromatic N) is 2. The van der Waals surface area contributed by atoms with Gasteiger partial charge >= 0.3 is 0 Å². The quantitative estimate of drug-likeness (QED) is 0.788. The third kappa shape index (κ3) is 1.48. The van der Waals surface area contributed by atoms with Crippen molar-refractivity contribution in [3.05, 3.63) is 47.7 Å². The van der Waals surface area contributed by atoms with Crippen molar-refractivity contribution in [2.45, 2.75) is 19.4 Å². The van der Waals surface area contributed by atoms with Crippen molar-refractivity contribution in [1.82, 2.24) is 9.78 Å². The first-order valence-corrected chi connectivity index (χ1v) is 5.66. The number of hydrogen-bond acceptors (Lipinski definition) is 2. The lowest BCUT2D eigenvalue weighted by Crippen LogP contribution is -2.26. The van der Waals surface area contributed by atoms with Gasteiger partial charge in [0.1, 0.15) is 5.82 Å². The Bertz CT molecular complexity index is 487. The van der Waals surface area contributed by atoms with E-state index in [9.17, 15) is 0 Å². The summed E-state index contributed by atoms with van der Waals surface area (Å²) in [5, 5.41) is 7.85. The number of fused-ring (bicyclic) bond motifs is 1. The van der Waals surface area contributed by atoms with E-state index in [1.54, 1.807) is 0 Å². The van der Waals surface area contributed by atoms with Crippen LogP contribution in [0.25, 0.3) is 0 Å². The summed E-state index contributed by atoms with van der Waals surface area (Å²) in [6.07, 6.45) is 1.93. The molecule has 0 saturated heterocycles. The molecule has 1 aliphatic heterocycles. The summed E-state index contributed by atoms with van der Waals surface area (Å²) in [7, 11) is 0. The van der Waals surface area contributed by atoms with Gasteiger partial charge in [-0.3, -0.25) is 0 Å². The Morgan fingerprint density at radius 1 is 1.31 bits per heavy atom. The minimum atomic E-state index is 0.521. The van der Waals surface area contributed by atoms with Gasteiger partial charge in [0.15, 0.2) is 0 Å². The molecule has 16 heavy (non-hydrogen) atoms. The standard InChI is InChI=1S/C13H15N3/c1-10-7-15-16-9-12(8-14-13(10)16)11-5-3-2-4-6-11/h2-7,12,14H,8-9H2,1H3. The average Bonchev–Trinajstić information content (AvgIpc) is 2.72. The van der Waals surface area contributed by atoms with Gasteiger partial charge in [-0.2, -0.15) is 5.10 Å². The first-order chi connectivity index (χ1) is 7.84. The fraction of sp³-hybridized carbons (Fsp3) is 0.308. The number of benzene rings is 1. The molecule has 0 fully saturated rings. The van der Waals surface area contributed by atoms with Crippen LogP contribution in [0.5, 0.6) is 0 Å². The molecule has 1 atom stereocenters. The van der Waals surface area contributed by atoms with Gasteiger partial charge < -0.3 is 5.32 Å². The van der Waals surface area contributed by atoms with Gasteiger partial charge in [-0.15, -0.1) is 0 Å². The highest BCUT2D eigenvalue weighted by Crippen LogP contribution is 2.26. The molecule has 0 saturated carbocycles. The van der Waals surface area contributed by atoms with Crippen LogP contribution in [-0.4, -0.2) is 16.3 Å². The summed E-state index contributed by atoms with van der Waals surface area (Å²) in [6.45, 7) is 4.06. The molecule has 0 aliphatic carbocycles. The summed E-state index contributed by atoms with van der Waals surface area (Å²) in [5.41, 5.74) is 2.61. The largest absolute Gasteiger partial charge is 0.369 e. The second kappa shape index (κ2) is 3.67. The molecule has 0 spiro atoms. The van der Waals surface area contributed by atoms with Gasteiger partial charge in [0.2, 0.25) is 0 Å². The maximum atomic E-state index is 4.39. The number of hydrogen-bond donors (Lipinski definition) is 1. The molecule has 1 N–H and O–H groups in total. The summed E-state index contributed by atoms with van der Waals surface area (Å²) in [6, 6.07) is 10.6. The summed E-state index contributed by atoms with van der Waals surface area (Å²) in [5.74, 6) is 1.69. The molecule has 3 rings (SSSR count). The second-order valence-electron chi connectivity index (χ2n) is 4.35. The van der Waals surface area contributed by atoms with Crippen molar-refractivity contribution < 1.29 is 0 Å². The maximum Gasteiger partial charge on any atom is 0.127 e. The third-order valence-corrected chi connectivity index (χ3v) is 3.20. The van der Waals surface area contributed by atoms with E-state index in [0.29, 0.717) is 5.92 Å². The Morgan fingerprint density at radius 2 is 2.12 bits per heavy atom. The minimum Gasteiger partial charge on any atom is -0.369 e. The van der Waals surface area contributed by atoms with Gasteiger partial charge in [0, 0.05) is 18.0 Å². The van der Waals surface area contributed by atoms with Crippen LogP contribution in [0.3, 0.4) is 0 Å². The van der Waals surface area contributed by atoms with Gasteiger partial charge in [0.05, 0.1) is 12.7 Å². The number of anilines is 1. The Kier molecular flexibility index (Phi) is 2.17. The highest BCUT2D eigenvalue weighted by atomic mass is 15.3. The third-order valence-electron chi connectivity index (χ3n) is 3.20. The van der Waals surface area contributed by atoms with Gasteiger partial charge in [-0.1, -0.05) is 30.3 Å². The fourth-order valence-corrected chi connectivity index (χ4v) is 2.29. The smallest absolute Gasteiger partial charge is 0.127 e. The van der Waals surface area contributed by atoms with Crippen molar-refractivity contribution in [2.24, 2.45) is 0 Å². The number of nitrogens with one attached hydrogen (secondary N) is 1. The summed E-state index contributed by atoms with van der Waals surface area (Å²) < 4.78 is 2.07. The van der Waals surface area contributed by atoms with Crippen LogP contribution in [-0.2, 0) is 6.54 Å². The van der Waals surface area contributed by atoms with Crippen LogP contribution < -0.4 is 5.32 Å². The molecule has 82 valence electrons. The van der Waals surface area contributed by atoms with E-state index in [4.69, 9.17) is 0 Å². The molecular weight excluding hydrogens is 198 g/mol. The molecule has 3 nitrogen and oxygen atoms in total. The first-order valence-electron chi connectivity index (χ1n) is 5.66. The van der Waals surface area contributed by atoms with E-state index in [1.807, 2.05) is 6.20 Å². The number of rotatable bonds is 1. The predicted octanol–water partition coefficient (Wildman–Crippen LogP) is 2.40. The molecule has 0 radical (unpaired) electrons. The van der Waals surface area contributed by atoms with E-state index in [-0.39, 0.29) is 0 Å². The lowest BCUT2D eigenvalue weighted by Gasteiger charge is -2.25. The molecule has 0 amide bonds. The molecule has 1 aliphatic rings. The van der Waals surface area contributed by atoms with Gasteiger partial charge in [-0.25, -0.2) is 4.68 Å². The zero-order valence-corrected chi connectivity index (χ0v) is 9.35. The van der Waals surface area contributed by atoms with Crippen LogP contribution in [0.1, 0.15) is 17.0 Å². The van der Waals surface area contributed by atoms with Crippen molar-refractivity contribution >= 4 is 5.82 Å². The van der Waals surface area contributed by atoms with Crippen LogP contribution in [0.2, 0.25) is 0 Å². The topological polar surface area (TPSA) is 29.9 Å². The monoisotopic (exact) mass is 213 g/mol. The molecule has 3 heteroatoms. The van der Waals surface area contributed by atoms with Crippen LogP contribution in [0.4, 0.5) is 5.82 Å². The predicted molar refractivity (Wildman–Crippen MR) is 64.6 cm³/mol. The van der Waals surface area contributed by atoms with Crippen LogP contribution in [0, 0.1) is 6.92 Å². The average molecular weight is 213 g/mol. The normalized spacial score (nSPS) is 18.9. The molecule has 0 bridgehead atoms. The molecule has 1 aromatic heterocycles. The van der Waals surface area contributed by atoms with Crippen molar-refractivity contribution in [2.75, 3.05) is 11.9 Å². The van der Waals surface area contributed by atoms with Crippen molar-refractivity contribution in [1.29, 1.82) is 0 Å². The zero-order valence-electron chi connectivity index (χ0n) is 9.35. The Labute approximate surface area is 95.1 Å². The Balaban J connectivity index is 1.89. The van der Waals surface area contributed by atoms with Crippen molar-refractivity contribution in [3.63, 3.8) is 0 Å². The van der Waals surface area contributed by atoms with Gasteiger partial charge in [0.25, 0.3) is 0 Å². The summed E-state index contributed by atoms with van der Waals surface area (Å²) in [4.78, 5) is 0. The summed E-state index contributed by atoms with van der Waals surface area (Å²) >= 11 is 0. The SMILES string of the molecule is Cc1cnn2c1NCC(c1ccccc1)C2. The van der Waals surface area contributed by atoms with Gasteiger partial charge in [-0.05, 0) is 12.5 Å². The van der Waals surface area contributed by atoms with Crippen LogP contribution in [0.15, 0.2) is 36.5 Å². The lowest BCUT2D eigenvalue weighted by molar-refractivity contribution is 0.505. The molecule has 2 aromatic rings. The zero-order chi connectivity index (χ0) is 11.0. The van der Waals surface area contributed by atoms with E-state index in [1.165, 1.54) is 16.9 Å². The maximum absolute atomic E-state index is 4.39. The Morgan fingerprint density at radius 3 is 2.94 bits per heavy atom. The van der Waals surface area contributed by atoms with E-state index >= 15 is 0 Å². The molecule has 1 aromatic carbocycles. The lowest BCUT2D eigenvalue weighted by atomic mass is 9.98.